The van der Waals surface area contributed by atoms with E-state index in [0.29, 0.717) is 18.3 Å². The molecule has 0 aliphatic heterocycles. The summed E-state index contributed by atoms with van der Waals surface area (Å²) in [6.07, 6.45) is 3.15. The zero-order valence-electron chi connectivity index (χ0n) is 10.8. The maximum Gasteiger partial charge on any atom is 0.330 e. The van der Waals surface area contributed by atoms with Gasteiger partial charge in [0.2, 0.25) is 5.95 Å². The summed E-state index contributed by atoms with van der Waals surface area (Å²) in [7, 11) is 0. The molecular weight excluding hydrogens is 252 g/mol. The standard InChI is InChI=1S/C11H18N4O2S/c1-4-17-9(16)6-5-7-18-11-14-13-10(12)15(11)8(2)3/h5-6,8H,4,7H2,1-3H3,(H2,12,13)/b6-5+. The molecule has 2 N–H and O–H groups in total. The molecule has 0 aliphatic carbocycles. The Bertz CT molecular complexity index is 429. The fourth-order valence-corrected chi connectivity index (χ4v) is 2.21. The van der Waals surface area contributed by atoms with Gasteiger partial charge in [-0.15, -0.1) is 10.2 Å². The number of ether oxygens (including phenoxy) is 1. The number of hydrogen-bond acceptors (Lipinski definition) is 6. The van der Waals surface area contributed by atoms with Crippen molar-refractivity contribution in [3.8, 4) is 0 Å². The predicted molar refractivity (Wildman–Crippen MR) is 71.3 cm³/mol. The van der Waals surface area contributed by atoms with Crippen molar-refractivity contribution in [3.05, 3.63) is 12.2 Å². The third-order valence-electron chi connectivity index (χ3n) is 2.06. The molecule has 0 aliphatic rings. The summed E-state index contributed by atoms with van der Waals surface area (Å²) in [5, 5.41) is 8.57. The van der Waals surface area contributed by atoms with Gasteiger partial charge < -0.3 is 10.5 Å². The third-order valence-corrected chi connectivity index (χ3v) is 2.95. The van der Waals surface area contributed by atoms with Crippen molar-refractivity contribution in [1.82, 2.24) is 14.8 Å². The summed E-state index contributed by atoms with van der Waals surface area (Å²) in [6, 6.07) is 0.205. The Hall–Kier alpha value is -1.50. The molecule has 0 aromatic carbocycles. The summed E-state index contributed by atoms with van der Waals surface area (Å²) >= 11 is 1.47. The number of nitrogen functional groups attached to an aromatic ring is 1. The first-order valence-electron chi connectivity index (χ1n) is 5.72. The highest BCUT2D eigenvalue weighted by Crippen LogP contribution is 2.22. The Morgan fingerprint density at radius 1 is 1.56 bits per heavy atom. The number of esters is 1. The molecule has 0 fully saturated rings. The second-order valence-corrected chi connectivity index (χ2v) is 4.76. The summed E-state index contributed by atoms with van der Waals surface area (Å²) in [5.74, 6) is 0.689. The molecule has 0 radical (unpaired) electrons. The Morgan fingerprint density at radius 3 is 2.89 bits per heavy atom. The summed E-state index contributed by atoms with van der Waals surface area (Å²) in [5.41, 5.74) is 5.72. The minimum Gasteiger partial charge on any atom is -0.463 e. The molecule has 0 saturated heterocycles. The van der Waals surface area contributed by atoms with Gasteiger partial charge in [0.1, 0.15) is 0 Å². The van der Waals surface area contributed by atoms with Gasteiger partial charge in [-0.3, -0.25) is 4.57 Å². The Balaban J connectivity index is 2.52. The molecule has 7 heteroatoms. The Morgan fingerprint density at radius 2 is 2.28 bits per heavy atom. The minimum absolute atomic E-state index is 0.205. The van der Waals surface area contributed by atoms with E-state index in [2.05, 4.69) is 10.2 Å². The maximum atomic E-state index is 11.1. The number of thioether (sulfide) groups is 1. The first-order chi connectivity index (χ1) is 8.56. The fraction of sp³-hybridized carbons (Fsp3) is 0.545. The van der Waals surface area contributed by atoms with E-state index >= 15 is 0 Å². The number of rotatable bonds is 6. The second kappa shape index (κ2) is 7.05. The van der Waals surface area contributed by atoms with Crippen molar-refractivity contribution in [3.63, 3.8) is 0 Å². The lowest BCUT2D eigenvalue weighted by molar-refractivity contribution is -0.137. The van der Waals surface area contributed by atoms with E-state index in [0.717, 1.165) is 5.16 Å². The average Bonchev–Trinajstić information content (AvgIpc) is 2.66. The van der Waals surface area contributed by atoms with Crippen molar-refractivity contribution in [1.29, 1.82) is 0 Å². The molecule has 100 valence electrons. The summed E-state index contributed by atoms with van der Waals surface area (Å²) in [6.45, 7) is 6.18. The molecule has 0 atom stereocenters. The van der Waals surface area contributed by atoms with Gasteiger partial charge in [-0.2, -0.15) is 0 Å². The van der Waals surface area contributed by atoms with E-state index in [-0.39, 0.29) is 12.0 Å². The van der Waals surface area contributed by atoms with E-state index in [1.54, 1.807) is 13.0 Å². The number of nitrogens with two attached hydrogens (primary N) is 1. The molecule has 18 heavy (non-hydrogen) atoms. The summed E-state index contributed by atoms with van der Waals surface area (Å²) < 4.78 is 6.62. The van der Waals surface area contributed by atoms with Gasteiger partial charge in [0.15, 0.2) is 5.16 Å². The Kier molecular flexibility index (Phi) is 5.70. The molecule has 6 nitrogen and oxygen atoms in total. The van der Waals surface area contributed by atoms with Crippen molar-refractivity contribution in [2.24, 2.45) is 0 Å². The number of carbonyl (C=O) groups excluding carboxylic acids is 1. The number of hydrogen-bond donors (Lipinski definition) is 1. The van der Waals surface area contributed by atoms with E-state index in [1.165, 1.54) is 17.8 Å². The van der Waals surface area contributed by atoms with Gasteiger partial charge in [0, 0.05) is 17.9 Å². The van der Waals surface area contributed by atoms with Crippen LogP contribution in [0.1, 0.15) is 26.8 Å². The topological polar surface area (TPSA) is 83.0 Å². The highest BCUT2D eigenvalue weighted by atomic mass is 32.2. The lowest BCUT2D eigenvalue weighted by Crippen LogP contribution is -2.07. The number of aromatic nitrogens is 3. The third kappa shape index (κ3) is 4.06. The molecule has 1 heterocycles. The monoisotopic (exact) mass is 270 g/mol. The second-order valence-electron chi connectivity index (χ2n) is 3.77. The molecule has 0 unspecified atom stereocenters. The number of anilines is 1. The van der Waals surface area contributed by atoms with Crippen LogP contribution in [0.4, 0.5) is 5.95 Å². The highest BCUT2D eigenvalue weighted by molar-refractivity contribution is 7.99. The van der Waals surface area contributed by atoms with Crippen LogP contribution in [0.25, 0.3) is 0 Å². The zero-order valence-corrected chi connectivity index (χ0v) is 11.6. The number of nitrogens with zero attached hydrogens (tertiary/aromatic N) is 3. The smallest absolute Gasteiger partial charge is 0.330 e. The Labute approximate surface area is 111 Å². The van der Waals surface area contributed by atoms with E-state index in [1.807, 2.05) is 18.4 Å². The molecule has 1 rings (SSSR count). The van der Waals surface area contributed by atoms with Gasteiger partial charge >= 0.3 is 5.97 Å². The van der Waals surface area contributed by atoms with E-state index < -0.39 is 0 Å². The molecular formula is C11H18N4O2S. The highest BCUT2D eigenvalue weighted by Gasteiger charge is 2.11. The fourth-order valence-electron chi connectivity index (χ4n) is 1.33. The SMILES string of the molecule is CCOC(=O)/C=C/CSc1nnc(N)n1C(C)C. The molecule has 1 aromatic rings. The van der Waals surface area contributed by atoms with Crippen LogP contribution in [-0.4, -0.2) is 33.1 Å². The van der Waals surface area contributed by atoms with Crippen LogP contribution in [-0.2, 0) is 9.53 Å². The van der Waals surface area contributed by atoms with Crippen LogP contribution < -0.4 is 5.73 Å². The predicted octanol–water partition coefficient (Wildman–Crippen LogP) is 1.65. The van der Waals surface area contributed by atoms with Gasteiger partial charge in [-0.1, -0.05) is 17.8 Å². The van der Waals surface area contributed by atoms with Gasteiger partial charge in [-0.25, -0.2) is 4.79 Å². The van der Waals surface area contributed by atoms with Crippen LogP contribution in [0, 0.1) is 0 Å². The van der Waals surface area contributed by atoms with Gasteiger partial charge in [-0.05, 0) is 20.8 Å². The lowest BCUT2D eigenvalue weighted by atomic mass is 10.4. The van der Waals surface area contributed by atoms with Gasteiger partial charge in [0.25, 0.3) is 0 Å². The van der Waals surface area contributed by atoms with Crippen molar-refractivity contribution in [2.75, 3.05) is 18.1 Å². The normalized spacial score (nSPS) is 11.3. The van der Waals surface area contributed by atoms with Crippen LogP contribution >= 0.6 is 11.8 Å². The van der Waals surface area contributed by atoms with Crippen molar-refractivity contribution in [2.45, 2.75) is 32.0 Å². The molecule has 0 spiro atoms. The van der Waals surface area contributed by atoms with E-state index in [9.17, 15) is 4.79 Å². The number of carbonyl (C=O) groups is 1. The van der Waals surface area contributed by atoms with Crippen LogP contribution in [0.2, 0.25) is 0 Å². The average molecular weight is 270 g/mol. The minimum atomic E-state index is -0.331. The van der Waals surface area contributed by atoms with Crippen molar-refractivity contribution < 1.29 is 9.53 Å². The van der Waals surface area contributed by atoms with Crippen LogP contribution in [0.5, 0.6) is 0 Å². The molecule has 0 amide bonds. The van der Waals surface area contributed by atoms with Crippen molar-refractivity contribution >= 4 is 23.7 Å². The maximum absolute atomic E-state index is 11.1. The quantitative estimate of drug-likeness (QED) is 0.481. The van der Waals surface area contributed by atoms with Gasteiger partial charge in [0.05, 0.1) is 6.61 Å². The molecule has 0 bridgehead atoms. The zero-order chi connectivity index (χ0) is 13.5. The van der Waals surface area contributed by atoms with Crippen LogP contribution in [0.15, 0.2) is 17.3 Å². The first-order valence-corrected chi connectivity index (χ1v) is 6.71. The molecule has 1 aromatic heterocycles. The van der Waals surface area contributed by atoms with E-state index in [4.69, 9.17) is 10.5 Å². The lowest BCUT2D eigenvalue weighted by Gasteiger charge is -2.10. The largest absolute Gasteiger partial charge is 0.463 e. The summed E-state index contributed by atoms with van der Waals surface area (Å²) in [4.78, 5) is 11.1. The van der Waals surface area contributed by atoms with Crippen LogP contribution in [0.3, 0.4) is 0 Å². The molecule has 0 saturated carbocycles. The first kappa shape index (κ1) is 14.6.